The van der Waals surface area contributed by atoms with E-state index >= 15 is 0 Å². The average Bonchev–Trinajstić information content (AvgIpc) is 2.58. The summed E-state index contributed by atoms with van der Waals surface area (Å²) >= 11 is 5.87. The SMILES string of the molecule is O=C(NCc1ccc(Cl)cc1)NC1CC2(CC(Cc3cccnc3)C2)C1. The number of carbonyl (C=O) groups excluding carboxylic acids is 1. The number of nitrogens with one attached hydrogen (secondary N) is 2. The van der Waals surface area contributed by atoms with Crippen molar-refractivity contribution in [3.8, 4) is 0 Å². The fourth-order valence-corrected chi connectivity index (χ4v) is 4.73. The second-order valence-corrected chi connectivity index (χ2v) is 8.33. The van der Waals surface area contributed by atoms with Crippen molar-refractivity contribution in [2.45, 2.75) is 44.7 Å². The van der Waals surface area contributed by atoms with Gasteiger partial charge in [0, 0.05) is 30.0 Å². The van der Waals surface area contributed by atoms with Gasteiger partial charge in [-0.3, -0.25) is 4.98 Å². The summed E-state index contributed by atoms with van der Waals surface area (Å²) in [5.74, 6) is 0.777. The number of aromatic nitrogens is 1. The molecule has 2 aromatic rings. The Labute approximate surface area is 159 Å². The third-order valence-electron chi connectivity index (χ3n) is 5.75. The molecule has 4 rings (SSSR count). The third-order valence-corrected chi connectivity index (χ3v) is 6.00. The summed E-state index contributed by atoms with van der Waals surface area (Å²) in [5.41, 5.74) is 2.87. The molecule has 2 fully saturated rings. The maximum Gasteiger partial charge on any atom is 0.315 e. The van der Waals surface area contributed by atoms with Gasteiger partial charge in [-0.1, -0.05) is 29.8 Å². The van der Waals surface area contributed by atoms with E-state index in [2.05, 4.69) is 21.7 Å². The molecule has 1 aromatic carbocycles. The van der Waals surface area contributed by atoms with Gasteiger partial charge in [0.25, 0.3) is 0 Å². The summed E-state index contributed by atoms with van der Waals surface area (Å²) in [7, 11) is 0. The maximum absolute atomic E-state index is 12.1. The van der Waals surface area contributed by atoms with Gasteiger partial charge in [-0.15, -0.1) is 0 Å². The van der Waals surface area contributed by atoms with Gasteiger partial charge in [-0.05, 0) is 72.8 Å². The Morgan fingerprint density at radius 3 is 2.58 bits per heavy atom. The molecule has 2 saturated carbocycles. The molecule has 2 N–H and O–H groups in total. The molecule has 0 radical (unpaired) electrons. The molecule has 26 heavy (non-hydrogen) atoms. The van der Waals surface area contributed by atoms with Gasteiger partial charge in [-0.2, -0.15) is 0 Å². The van der Waals surface area contributed by atoms with Crippen LogP contribution < -0.4 is 10.6 Å². The highest BCUT2D eigenvalue weighted by Gasteiger charge is 2.52. The van der Waals surface area contributed by atoms with E-state index in [9.17, 15) is 4.79 Å². The van der Waals surface area contributed by atoms with Crippen LogP contribution in [0.3, 0.4) is 0 Å². The summed E-state index contributed by atoms with van der Waals surface area (Å²) in [6, 6.07) is 11.9. The molecule has 1 spiro atoms. The van der Waals surface area contributed by atoms with Gasteiger partial charge >= 0.3 is 6.03 Å². The van der Waals surface area contributed by atoms with E-state index in [-0.39, 0.29) is 6.03 Å². The Kier molecular flexibility index (Phi) is 4.86. The minimum absolute atomic E-state index is 0.0777. The highest BCUT2D eigenvalue weighted by Crippen LogP contribution is 2.59. The smallest absolute Gasteiger partial charge is 0.315 e. The lowest BCUT2D eigenvalue weighted by atomic mass is 9.49. The van der Waals surface area contributed by atoms with E-state index < -0.39 is 0 Å². The van der Waals surface area contributed by atoms with Gasteiger partial charge in [0.05, 0.1) is 0 Å². The zero-order valence-corrected chi connectivity index (χ0v) is 15.5. The first kappa shape index (κ1) is 17.3. The van der Waals surface area contributed by atoms with Crippen LogP contribution in [0.1, 0.15) is 36.8 Å². The molecule has 0 unspecified atom stereocenters. The molecule has 5 heteroatoms. The summed E-state index contributed by atoms with van der Waals surface area (Å²) in [5, 5.41) is 6.73. The van der Waals surface area contributed by atoms with Gasteiger partial charge in [0.1, 0.15) is 0 Å². The van der Waals surface area contributed by atoms with Crippen molar-refractivity contribution in [1.29, 1.82) is 0 Å². The lowest BCUT2D eigenvalue weighted by molar-refractivity contribution is -0.0454. The van der Waals surface area contributed by atoms with Crippen molar-refractivity contribution in [3.05, 3.63) is 64.9 Å². The first-order valence-electron chi connectivity index (χ1n) is 9.28. The normalized spacial score (nSPS) is 26.7. The number of benzene rings is 1. The van der Waals surface area contributed by atoms with E-state index in [1.165, 1.54) is 18.4 Å². The number of amides is 2. The molecule has 136 valence electrons. The fraction of sp³-hybridized carbons (Fsp3) is 0.429. The Balaban J connectivity index is 1.14. The molecule has 0 atom stereocenters. The molecule has 0 bridgehead atoms. The lowest BCUT2D eigenvalue weighted by Gasteiger charge is -2.58. The largest absolute Gasteiger partial charge is 0.335 e. The van der Waals surface area contributed by atoms with Crippen LogP contribution in [0.2, 0.25) is 5.02 Å². The molecule has 2 aliphatic rings. The number of rotatable bonds is 5. The summed E-state index contributed by atoms with van der Waals surface area (Å²) in [6.45, 7) is 0.522. The lowest BCUT2D eigenvalue weighted by Crippen LogP contribution is -2.57. The van der Waals surface area contributed by atoms with Crippen molar-refractivity contribution in [3.63, 3.8) is 0 Å². The average molecular weight is 370 g/mol. The highest BCUT2D eigenvalue weighted by molar-refractivity contribution is 6.30. The number of hydrogen-bond donors (Lipinski definition) is 2. The van der Waals surface area contributed by atoms with Crippen LogP contribution in [0.25, 0.3) is 0 Å². The van der Waals surface area contributed by atoms with Gasteiger partial charge in [0.15, 0.2) is 0 Å². The molecular weight excluding hydrogens is 346 g/mol. The van der Waals surface area contributed by atoms with Gasteiger partial charge in [-0.25, -0.2) is 4.79 Å². The molecular formula is C21H24ClN3O. The number of urea groups is 1. The van der Waals surface area contributed by atoms with E-state index in [1.54, 1.807) is 0 Å². The van der Waals surface area contributed by atoms with E-state index in [0.29, 0.717) is 23.0 Å². The van der Waals surface area contributed by atoms with Crippen LogP contribution in [0.5, 0.6) is 0 Å². The Morgan fingerprint density at radius 2 is 1.88 bits per heavy atom. The Bertz CT molecular complexity index is 749. The van der Waals surface area contributed by atoms with Crippen LogP contribution >= 0.6 is 11.6 Å². The van der Waals surface area contributed by atoms with Crippen molar-refractivity contribution >= 4 is 17.6 Å². The van der Waals surface area contributed by atoms with Gasteiger partial charge in [0.2, 0.25) is 0 Å². The molecule has 0 aliphatic heterocycles. The summed E-state index contributed by atoms with van der Waals surface area (Å²) in [4.78, 5) is 16.2. The molecule has 0 saturated heterocycles. The molecule has 4 nitrogen and oxygen atoms in total. The summed E-state index contributed by atoms with van der Waals surface area (Å²) < 4.78 is 0. The van der Waals surface area contributed by atoms with Crippen molar-refractivity contribution in [2.24, 2.45) is 11.3 Å². The Hall–Kier alpha value is -2.07. The van der Waals surface area contributed by atoms with E-state index in [0.717, 1.165) is 30.7 Å². The maximum atomic E-state index is 12.1. The highest BCUT2D eigenvalue weighted by atomic mass is 35.5. The second-order valence-electron chi connectivity index (χ2n) is 7.90. The van der Waals surface area contributed by atoms with Gasteiger partial charge < -0.3 is 10.6 Å². The van der Waals surface area contributed by atoms with Crippen LogP contribution in [0.15, 0.2) is 48.8 Å². The number of hydrogen-bond acceptors (Lipinski definition) is 2. The zero-order valence-electron chi connectivity index (χ0n) is 14.7. The van der Waals surface area contributed by atoms with E-state index in [1.807, 2.05) is 42.7 Å². The molecule has 1 aromatic heterocycles. The minimum Gasteiger partial charge on any atom is -0.335 e. The summed E-state index contributed by atoms with van der Waals surface area (Å²) in [6.07, 6.45) is 9.73. The Morgan fingerprint density at radius 1 is 1.12 bits per heavy atom. The first-order chi connectivity index (χ1) is 12.6. The predicted octanol–water partition coefficient (Wildman–Crippen LogP) is 4.34. The van der Waals surface area contributed by atoms with Crippen LogP contribution in [-0.4, -0.2) is 17.1 Å². The predicted molar refractivity (Wildman–Crippen MR) is 103 cm³/mol. The molecule has 2 amide bonds. The zero-order chi connectivity index (χ0) is 18.0. The second kappa shape index (κ2) is 7.28. The third kappa shape index (κ3) is 4.01. The fourth-order valence-electron chi connectivity index (χ4n) is 4.60. The number of nitrogens with zero attached hydrogens (tertiary/aromatic N) is 1. The van der Waals surface area contributed by atoms with E-state index in [4.69, 9.17) is 11.6 Å². The van der Waals surface area contributed by atoms with Crippen LogP contribution in [0, 0.1) is 11.3 Å². The quantitative estimate of drug-likeness (QED) is 0.823. The van der Waals surface area contributed by atoms with Crippen molar-refractivity contribution in [1.82, 2.24) is 15.6 Å². The van der Waals surface area contributed by atoms with Crippen LogP contribution in [-0.2, 0) is 13.0 Å². The monoisotopic (exact) mass is 369 g/mol. The number of pyridine rings is 1. The first-order valence-corrected chi connectivity index (χ1v) is 9.66. The van der Waals surface area contributed by atoms with Crippen molar-refractivity contribution < 1.29 is 4.79 Å². The topological polar surface area (TPSA) is 54.0 Å². The number of halogens is 1. The van der Waals surface area contributed by atoms with Crippen LogP contribution in [0.4, 0.5) is 4.79 Å². The molecule has 1 heterocycles. The standard InChI is InChI=1S/C21H24ClN3O/c22-18-5-3-15(4-6-18)14-24-20(26)25-19-11-21(12-19)9-17(10-21)8-16-2-1-7-23-13-16/h1-7,13,17,19H,8-12,14H2,(H2,24,25,26). The molecule has 2 aliphatic carbocycles. The minimum atomic E-state index is -0.0777. The van der Waals surface area contributed by atoms with Crippen molar-refractivity contribution in [2.75, 3.05) is 0 Å². The number of carbonyl (C=O) groups is 1.